The van der Waals surface area contributed by atoms with E-state index in [0.29, 0.717) is 17.9 Å². The number of hydrogen-bond donors (Lipinski definition) is 4. The molecule has 0 fully saturated rings. The molecule has 4 N–H and O–H groups in total. The largest absolute Gasteiger partial charge is 0.508 e. The van der Waals surface area contributed by atoms with Gasteiger partial charge in [0.1, 0.15) is 11.4 Å². The van der Waals surface area contributed by atoms with E-state index in [2.05, 4.69) is 40.0 Å². The van der Waals surface area contributed by atoms with Gasteiger partial charge in [0.25, 0.3) is 0 Å². The molecule has 1 heterocycles. The third-order valence-electron chi connectivity index (χ3n) is 6.18. The van der Waals surface area contributed by atoms with Crippen LogP contribution in [0.15, 0.2) is 65.3 Å². The Kier molecular flexibility index (Phi) is 7.02. The van der Waals surface area contributed by atoms with Crippen LogP contribution < -0.4 is 10.6 Å². The van der Waals surface area contributed by atoms with Gasteiger partial charge in [0.15, 0.2) is 6.10 Å². The van der Waals surface area contributed by atoms with Gasteiger partial charge in [0, 0.05) is 23.3 Å². The highest BCUT2D eigenvalue weighted by Crippen LogP contribution is 2.27. The van der Waals surface area contributed by atoms with E-state index >= 15 is 0 Å². The zero-order valence-electron chi connectivity index (χ0n) is 19.2. The first-order valence-corrected chi connectivity index (χ1v) is 12.1. The zero-order chi connectivity index (χ0) is 23.5. The molecule has 0 saturated heterocycles. The minimum absolute atomic E-state index is 0.0490. The standard InChI is InChI=1S/C26H31N3O3S/c1-16(12-18-15-33-22-7-5-4-6-21(18)22)28-24-23(25(31)26(24)32)27-14-19(29(2)3)13-17-8-10-20(30)11-9-17/h4-11,15-16,19,25,27-28,30-31H,12-14H2,1-3H3/t16-,19+,25?/m1/s1. The van der Waals surface area contributed by atoms with Gasteiger partial charge in [-0.1, -0.05) is 30.3 Å². The molecular formula is C26H31N3O3S. The number of carbonyl (C=O) groups is 1. The number of hydrogen-bond acceptors (Lipinski definition) is 7. The molecule has 2 aromatic carbocycles. The van der Waals surface area contributed by atoms with E-state index < -0.39 is 6.10 Å². The second kappa shape index (κ2) is 9.95. The van der Waals surface area contributed by atoms with Crippen molar-refractivity contribution in [3.05, 3.63) is 76.4 Å². The number of aromatic hydroxyl groups is 1. The fraction of sp³-hybridized carbons (Fsp3) is 0.346. The molecule has 0 saturated carbocycles. The highest BCUT2D eigenvalue weighted by Gasteiger charge is 2.39. The molecule has 0 amide bonds. The summed E-state index contributed by atoms with van der Waals surface area (Å²) in [7, 11) is 4.02. The van der Waals surface area contributed by atoms with E-state index in [1.54, 1.807) is 23.5 Å². The lowest BCUT2D eigenvalue weighted by Crippen LogP contribution is -2.52. The summed E-state index contributed by atoms with van der Waals surface area (Å²) in [4.78, 5) is 14.5. The predicted molar refractivity (Wildman–Crippen MR) is 133 cm³/mol. The lowest BCUT2D eigenvalue weighted by atomic mass is 9.93. The van der Waals surface area contributed by atoms with Gasteiger partial charge in [-0.25, -0.2) is 0 Å². The number of Topliss-reactive ketones (excluding diaryl/α,β-unsaturated/α-hetero) is 1. The molecule has 0 radical (unpaired) electrons. The Morgan fingerprint density at radius 2 is 1.82 bits per heavy atom. The Bertz CT molecular complexity index is 1150. The van der Waals surface area contributed by atoms with Crippen LogP contribution in [0.4, 0.5) is 0 Å². The lowest BCUT2D eigenvalue weighted by molar-refractivity contribution is -0.125. The van der Waals surface area contributed by atoms with Crippen LogP contribution >= 0.6 is 11.3 Å². The molecule has 33 heavy (non-hydrogen) atoms. The molecule has 1 aromatic heterocycles. The molecule has 1 aliphatic carbocycles. The fourth-order valence-corrected chi connectivity index (χ4v) is 5.16. The number of aliphatic hydroxyl groups excluding tert-OH is 1. The van der Waals surface area contributed by atoms with Crippen LogP contribution in [-0.2, 0) is 17.6 Å². The van der Waals surface area contributed by atoms with E-state index in [-0.39, 0.29) is 23.6 Å². The van der Waals surface area contributed by atoms with E-state index in [4.69, 9.17) is 0 Å². The number of ketones is 1. The molecule has 1 aliphatic rings. The molecule has 6 nitrogen and oxygen atoms in total. The number of nitrogens with one attached hydrogen (secondary N) is 2. The number of nitrogens with zero attached hydrogens (tertiary/aromatic N) is 1. The van der Waals surface area contributed by atoms with E-state index in [1.807, 2.05) is 38.4 Å². The molecule has 0 aliphatic heterocycles. The van der Waals surface area contributed by atoms with Crippen molar-refractivity contribution in [2.45, 2.75) is 38.0 Å². The van der Waals surface area contributed by atoms with Gasteiger partial charge < -0.3 is 25.7 Å². The Morgan fingerprint density at radius 3 is 2.55 bits per heavy atom. The molecular weight excluding hydrogens is 434 g/mol. The maximum atomic E-state index is 12.4. The van der Waals surface area contributed by atoms with Crippen molar-refractivity contribution >= 4 is 27.2 Å². The lowest BCUT2D eigenvalue weighted by Gasteiger charge is -2.34. The van der Waals surface area contributed by atoms with E-state index in [9.17, 15) is 15.0 Å². The van der Waals surface area contributed by atoms with Gasteiger partial charge in [0.05, 0.1) is 5.70 Å². The zero-order valence-corrected chi connectivity index (χ0v) is 20.0. The number of likely N-dealkylation sites (N-methyl/N-ethyl adjacent to an activating group) is 1. The van der Waals surface area contributed by atoms with Crippen LogP contribution in [0.5, 0.6) is 5.75 Å². The maximum absolute atomic E-state index is 12.4. The third-order valence-corrected chi connectivity index (χ3v) is 7.19. The van der Waals surface area contributed by atoms with E-state index in [1.165, 1.54) is 15.6 Å². The van der Waals surface area contributed by atoms with E-state index in [0.717, 1.165) is 18.4 Å². The number of thiophene rings is 1. The minimum atomic E-state index is -1.10. The first kappa shape index (κ1) is 23.3. The van der Waals surface area contributed by atoms with Crippen molar-refractivity contribution in [1.29, 1.82) is 0 Å². The minimum Gasteiger partial charge on any atom is -0.508 e. The molecule has 174 valence electrons. The highest BCUT2D eigenvalue weighted by atomic mass is 32.1. The van der Waals surface area contributed by atoms with Crippen LogP contribution in [0.1, 0.15) is 18.1 Å². The summed E-state index contributed by atoms with van der Waals surface area (Å²) in [5, 5.41) is 29.9. The summed E-state index contributed by atoms with van der Waals surface area (Å²) in [5.41, 5.74) is 3.43. The Balaban J connectivity index is 1.40. The van der Waals surface area contributed by atoms with Gasteiger partial charge in [0.2, 0.25) is 5.78 Å². The molecule has 0 bridgehead atoms. The number of rotatable bonds is 10. The first-order chi connectivity index (χ1) is 15.8. The SMILES string of the molecule is C[C@H](Cc1csc2ccccc12)NC1=C(NC[C@H](Cc2ccc(O)cc2)N(C)C)C(O)C1=O. The summed E-state index contributed by atoms with van der Waals surface area (Å²) in [6, 6.07) is 15.7. The molecule has 1 unspecified atom stereocenters. The molecule has 3 aromatic rings. The number of phenolic OH excluding ortho intramolecular Hbond substituents is 1. The van der Waals surface area contributed by atoms with Gasteiger partial charge in [-0.2, -0.15) is 0 Å². The predicted octanol–water partition coefficient (Wildman–Crippen LogP) is 3.05. The van der Waals surface area contributed by atoms with Gasteiger partial charge >= 0.3 is 0 Å². The first-order valence-electron chi connectivity index (χ1n) is 11.2. The van der Waals surface area contributed by atoms with Crippen molar-refractivity contribution in [3.63, 3.8) is 0 Å². The van der Waals surface area contributed by atoms with Gasteiger partial charge in [-0.05, 0) is 74.0 Å². The quantitative estimate of drug-likeness (QED) is 0.368. The number of fused-ring (bicyclic) bond motifs is 1. The van der Waals surface area contributed by atoms with Crippen LogP contribution in [-0.4, -0.2) is 59.7 Å². The topological polar surface area (TPSA) is 84.8 Å². The smallest absolute Gasteiger partial charge is 0.215 e. The van der Waals surface area contributed by atoms with Crippen molar-refractivity contribution in [2.24, 2.45) is 0 Å². The molecule has 7 heteroatoms. The number of aliphatic hydroxyl groups is 1. The van der Waals surface area contributed by atoms with Crippen molar-refractivity contribution in [2.75, 3.05) is 20.6 Å². The second-order valence-electron chi connectivity index (χ2n) is 8.93. The average Bonchev–Trinajstić information content (AvgIpc) is 3.21. The number of phenols is 1. The van der Waals surface area contributed by atoms with Crippen molar-refractivity contribution in [3.8, 4) is 5.75 Å². The maximum Gasteiger partial charge on any atom is 0.215 e. The van der Waals surface area contributed by atoms with Crippen LogP contribution in [0, 0.1) is 0 Å². The van der Waals surface area contributed by atoms with Crippen molar-refractivity contribution in [1.82, 2.24) is 15.5 Å². The van der Waals surface area contributed by atoms with Crippen LogP contribution in [0.25, 0.3) is 10.1 Å². The van der Waals surface area contributed by atoms with Crippen LogP contribution in [0.3, 0.4) is 0 Å². The highest BCUT2D eigenvalue weighted by molar-refractivity contribution is 7.17. The summed E-state index contributed by atoms with van der Waals surface area (Å²) in [6.07, 6.45) is 0.478. The Labute approximate surface area is 198 Å². The molecule has 4 rings (SSSR count). The van der Waals surface area contributed by atoms with Crippen LogP contribution in [0.2, 0.25) is 0 Å². The molecule has 0 spiro atoms. The third kappa shape index (κ3) is 5.21. The summed E-state index contributed by atoms with van der Waals surface area (Å²) >= 11 is 1.73. The van der Waals surface area contributed by atoms with Gasteiger partial charge in [-0.3, -0.25) is 4.79 Å². The Hall–Kier alpha value is -2.87. The Morgan fingerprint density at radius 1 is 1.09 bits per heavy atom. The second-order valence-corrected chi connectivity index (χ2v) is 9.84. The fourth-order valence-electron chi connectivity index (χ4n) is 4.18. The monoisotopic (exact) mass is 465 g/mol. The summed E-state index contributed by atoms with van der Waals surface area (Å²) < 4.78 is 1.26. The van der Waals surface area contributed by atoms with Crippen molar-refractivity contribution < 1.29 is 15.0 Å². The molecule has 3 atom stereocenters. The van der Waals surface area contributed by atoms with Gasteiger partial charge in [-0.15, -0.1) is 11.3 Å². The average molecular weight is 466 g/mol. The summed E-state index contributed by atoms with van der Waals surface area (Å²) in [6.45, 7) is 2.64. The number of benzene rings is 2. The summed E-state index contributed by atoms with van der Waals surface area (Å²) in [5.74, 6) is -0.0146. The number of carbonyl (C=O) groups excluding carboxylic acids is 1. The normalized spacial score (nSPS) is 17.8.